The van der Waals surface area contributed by atoms with E-state index in [1.54, 1.807) is 24.3 Å². The maximum absolute atomic E-state index is 14.5. The third-order valence-electron chi connectivity index (χ3n) is 5.24. The number of alkyl halides is 4. The molecule has 2 atom stereocenters. The van der Waals surface area contributed by atoms with Gasteiger partial charge in [0.2, 0.25) is 11.7 Å². The van der Waals surface area contributed by atoms with Crippen LogP contribution in [0.1, 0.15) is 12.3 Å². The minimum atomic E-state index is -4.46. The van der Waals surface area contributed by atoms with Crippen molar-refractivity contribution in [3.63, 3.8) is 0 Å². The number of fused-ring (bicyclic) bond motifs is 1. The zero-order valence-corrected chi connectivity index (χ0v) is 16.3. The second-order valence-electron chi connectivity index (χ2n) is 7.50. The van der Waals surface area contributed by atoms with Crippen LogP contribution < -0.4 is 11.1 Å². The zero-order valence-electron chi connectivity index (χ0n) is 16.3. The third kappa shape index (κ3) is 4.12. The molecule has 0 radical (unpaired) electrons. The first-order valence-corrected chi connectivity index (χ1v) is 9.56. The first-order chi connectivity index (χ1) is 14.2. The minimum absolute atomic E-state index is 0.0181. The van der Waals surface area contributed by atoms with Crippen molar-refractivity contribution in [2.45, 2.75) is 37.9 Å². The molecule has 0 spiro atoms. The number of piperidine rings is 1. The van der Waals surface area contributed by atoms with E-state index in [9.17, 15) is 17.6 Å². The van der Waals surface area contributed by atoms with E-state index in [0.717, 1.165) is 11.1 Å². The highest BCUT2D eigenvalue weighted by Crippen LogP contribution is 2.35. The number of benzene rings is 1. The van der Waals surface area contributed by atoms with Gasteiger partial charge in [0.25, 0.3) is 0 Å². The minimum Gasteiger partial charge on any atom is -0.379 e. The number of nitrogens with zero attached hydrogens (tertiary/aromatic N) is 4. The van der Waals surface area contributed by atoms with E-state index in [0.29, 0.717) is 29.6 Å². The van der Waals surface area contributed by atoms with Crippen LogP contribution in [0.2, 0.25) is 0 Å². The summed E-state index contributed by atoms with van der Waals surface area (Å²) in [5.41, 5.74) is 6.53. The van der Waals surface area contributed by atoms with Crippen LogP contribution in [-0.4, -0.2) is 58.1 Å². The van der Waals surface area contributed by atoms with Crippen LogP contribution in [0.3, 0.4) is 0 Å². The van der Waals surface area contributed by atoms with Gasteiger partial charge in [0, 0.05) is 24.2 Å². The van der Waals surface area contributed by atoms with Gasteiger partial charge in [0.1, 0.15) is 12.7 Å². The largest absolute Gasteiger partial charge is 0.406 e. The summed E-state index contributed by atoms with van der Waals surface area (Å²) in [5.74, 6) is 0.142. The Morgan fingerprint density at radius 1 is 1.33 bits per heavy atom. The van der Waals surface area contributed by atoms with Crippen molar-refractivity contribution < 1.29 is 22.1 Å². The molecule has 1 saturated heterocycles. The lowest BCUT2D eigenvalue weighted by atomic mass is 10.0. The van der Waals surface area contributed by atoms with Crippen molar-refractivity contribution in [1.29, 1.82) is 0 Å². The lowest BCUT2D eigenvalue weighted by Crippen LogP contribution is -2.46. The molecular weight excluding hydrogens is 404 g/mol. The topological polar surface area (TPSA) is 85.1 Å². The van der Waals surface area contributed by atoms with Gasteiger partial charge in [-0.25, -0.2) is 4.39 Å². The lowest BCUT2D eigenvalue weighted by Gasteiger charge is -2.33. The first kappa shape index (κ1) is 20.6. The van der Waals surface area contributed by atoms with E-state index in [4.69, 9.17) is 10.3 Å². The van der Waals surface area contributed by atoms with Crippen LogP contribution >= 0.6 is 0 Å². The SMILES string of the molecule is CN1CC[C@@H](Nc2cccc3c2cc(-c2noc(CN)n2)n3CC(F)(F)F)[C@@H](F)C1. The van der Waals surface area contributed by atoms with Gasteiger partial charge in [-0.15, -0.1) is 0 Å². The van der Waals surface area contributed by atoms with Gasteiger partial charge in [-0.3, -0.25) is 0 Å². The highest BCUT2D eigenvalue weighted by molar-refractivity contribution is 5.96. The van der Waals surface area contributed by atoms with Crippen molar-refractivity contribution in [3.8, 4) is 11.5 Å². The molecule has 2 aromatic heterocycles. The number of nitrogens with two attached hydrogens (primary N) is 1. The lowest BCUT2D eigenvalue weighted by molar-refractivity contribution is -0.139. The van der Waals surface area contributed by atoms with Crippen LogP contribution in [0.4, 0.5) is 23.2 Å². The van der Waals surface area contributed by atoms with Crippen molar-refractivity contribution >= 4 is 16.6 Å². The molecule has 3 heterocycles. The summed E-state index contributed by atoms with van der Waals surface area (Å²) in [4.78, 5) is 5.98. The summed E-state index contributed by atoms with van der Waals surface area (Å²) in [5, 5.41) is 7.48. The van der Waals surface area contributed by atoms with Crippen molar-refractivity contribution in [3.05, 3.63) is 30.2 Å². The summed E-state index contributed by atoms with van der Waals surface area (Å²) in [6.07, 6.45) is -4.95. The fourth-order valence-electron chi connectivity index (χ4n) is 3.81. The summed E-state index contributed by atoms with van der Waals surface area (Å²) in [7, 11) is 1.85. The number of hydrogen-bond acceptors (Lipinski definition) is 6. The molecule has 3 aromatic rings. The van der Waals surface area contributed by atoms with Gasteiger partial charge in [-0.2, -0.15) is 18.2 Å². The smallest absolute Gasteiger partial charge is 0.379 e. The molecule has 0 amide bonds. The maximum atomic E-state index is 14.5. The highest BCUT2D eigenvalue weighted by Gasteiger charge is 2.32. The van der Waals surface area contributed by atoms with E-state index in [-0.39, 0.29) is 24.0 Å². The normalized spacial score (nSPS) is 20.7. The van der Waals surface area contributed by atoms with E-state index in [1.165, 1.54) is 0 Å². The molecule has 0 unspecified atom stereocenters. The number of nitrogens with one attached hydrogen (secondary N) is 1. The third-order valence-corrected chi connectivity index (χ3v) is 5.24. The Balaban J connectivity index is 1.77. The van der Waals surface area contributed by atoms with Crippen LogP contribution in [0.5, 0.6) is 0 Å². The summed E-state index contributed by atoms with van der Waals surface area (Å²) >= 11 is 0. The summed E-state index contributed by atoms with van der Waals surface area (Å²) < 4.78 is 60.5. The van der Waals surface area contributed by atoms with Gasteiger partial charge in [-0.05, 0) is 31.7 Å². The van der Waals surface area contributed by atoms with Crippen molar-refractivity contribution in [1.82, 2.24) is 19.6 Å². The van der Waals surface area contributed by atoms with E-state index in [1.807, 2.05) is 11.9 Å². The molecule has 11 heteroatoms. The molecule has 1 aliphatic rings. The molecule has 162 valence electrons. The maximum Gasteiger partial charge on any atom is 0.406 e. The Hall–Kier alpha value is -2.66. The molecule has 4 rings (SSSR count). The number of rotatable bonds is 5. The Kier molecular flexibility index (Phi) is 5.41. The molecule has 1 aromatic carbocycles. The molecule has 3 N–H and O–H groups in total. The number of aromatic nitrogens is 3. The zero-order chi connectivity index (χ0) is 21.5. The molecule has 1 aliphatic heterocycles. The average molecular weight is 426 g/mol. The van der Waals surface area contributed by atoms with E-state index < -0.39 is 24.9 Å². The average Bonchev–Trinajstić information content (AvgIpc) is 3.28. The molecule has 30 heavy (non-hydrogen) atoms. The number of anilines is 1. The molecular formula is C19H22F4N6O. The van der Waals surface area contributed by atoms with Crippen LogP contribution in [0.15, 0.2) is 28.8 Å². The molecule has 7 nitrogen and oxygen atoms in total. The predicted octanol–water partition coefficient (Wildman–Crippen LogP) is 3.17. The van der Waals surface area contributed by atoms with Gasteiger partial charge >= 0.3 is 6.18 Å². The highest BCUT2D eigenvalue weighted by atomic mass is 19.4. The Morgan fingerprint density at radius 2 is 2.13 bits per heavy atom. The van der Waals surface area contributed by atoms with Gasteiger partial charge < -0.3 is 25.0 Å². The standard InChI is InChI=1S/C19H22F4N6O/c1-28-6-5-14(12(20)9-28)25-13-3-2-4-15-11(13)7-16(29(15)10-19(21,22)23)18-26-17(8-24)30-27-18/h2-4,7,12,14,25H,5-6,8-10,24H2,1H3/t12-,14+/m0/s1. The predicted molar refractivity (Wildman–Crippen MR) is 104 cm³/mol. The van der Waals surface area contributed by atoms with Crippen LogP contribution in [0.25, 0.3) is 22.4 Å². The van der Waals surface area contributed by atoms with Crippen molar-refractivity contribution in [2.75, 3.05) is 25.5 Å². The quantitative estimate of drug-likeness (QED) is 0.610. The first-order valence-electron chi connectivity index (χ1n) is 9.56. The van der Waals surface area contributed by atoms with Gasteiger partial charge in [0.05, 0.1) is 23.8 Å². The number of hydrogen-bond donors (Lipinski definition) is 2. The van der Waals surface area contributed by atoms with Gasteiger partial charge in [0.15, 0.2) is 0 Å². The van der Waals surface area contributed by atoms with E-state index >= 15 is 0 Å². The summed E-state index contributed by atoms with van der Waals surface area (Å²) in [6.45, 7) is -0.201. The Labute approximate surface area is 169 Å². The number of halogens is 4. The fraction of sp³-hybridized carbons (Fsp3) is 0.474. The molecule has 0 aliphatic carbocycles. The second-order valence-corrected chi connectivity index (χ2v) is 7.50. The second kappa shape index (κ2) is 7.88. The van der Waals surface area contributed by atoms with Gasteiger partial charge in [-0.1, -0.05) is 11.2 Å². The summed E-state index contributed by atoms with van der Waals surface area (Å²) in [6, 6.07) is 6.11. The number of likely N-dealkylation sites (tertiary alicyclic amines) is 1. The monoisotopic (exact) mass is 426 g/mol. The molecule has 0 bridgehead atoms. The van der Waals surface area contributed by atoms with Crippen LogP contribution in [-0.2, 0) is 13.1 Å². The van der Waals surface area contributed by atoms with Crippen molar-refractivity contribution in [2.24, 2.45) is 5.73 Å². The Bertz CT molecular complexity index is 1030. The Morgan fingerprint density at radius 3 is 2.80 bits per heavy atom. The molecule has 0 saturated carbocycles. The van der Waals surface area contributed by atoms with E-state index in [2.05, 4.69) is 15.5 Å². The van der Waals surface area contributed by atoms with Crippen LogP contribution in [0, 0.1) is 0 Å². The fourth-order valence-corrected chi connectivity index (χ4v) is 3.81. The molecule has 1 fully saturated rings.